The summed E-state index contributed by atoms with van der Waals surface area (Å²) in [5, 5.41) is 9.22. The van der Waals surface area contributed by atoms with E-state index in [1.807, 2.05) is 0 Å². The van der Waals surface area contributed by atoms with Crippen molar-refractivity contribution in [2.75, 3.05) is 20.7 Å². The van der Waals surface area contributed by atoms with E-state index in [0.717, 1.165) is 6.42 Å². The second-order valence-electron chi connectivity index (χ2n) is 4.03. The highest BCUT2D eigenvalue weighted by molar-refractivity contribution is 4.76. The summed E-state index contributed by atoms with van der Waals surface area (Å²) in [6, 6.07) is 0.509. The van der Waals surface area contributed by atoms with Crippen molar-refractivity contribution in [2.45, 2.75) is 33.2 Å². The Morgan fingerprint density at radius 2 is 1.75 bits per heavy atom. The quantitative estimate of drug-likeness (QED) is 0.682. The number of hydrogen-bond acceptors (Lipinski definition) is 2. The Bertz CT molecular complexity index is 98.4. The van der Waals surface area contributed by atoms with Crippen LogP contribution < -0.4 is 0 Å². The summed E-state index contributed by atoms with van der Waals surface area (Å²) in [7, 11) is 4.17. The molecule has 0 spiro atoms. The second kappa shape index (κ2) is 5.55. The fraction of sp³-hybridized carbons (Fsp3) is 1.00. The van der Waals surface area contributed by atoms with Gasteiger partial charge in [0.15, 0.2) is 0 Å². The minimum absolute atomic E-state index is 0.300. The molecule has 0 rings (SSSR count). The number of aliphatic hydroxyl groups is 1. The Kier molecular flexibility index (Phi) is 5.51. The van der Waals surface area contributed by atoms with Crippen molar-refractivity contribution in [2.24, 2.45) is 11.8 Å². The zero-order valence-electron chi connectivity index (χ0n) is 9.04. The van der Waals surface area contributed by atoms with Gasteiger partial charge in [-0.3, -0.25) is 0 Å². The van der Waals surface area contributed by atoms with Gasteiger partial charge in [-0.15, -0.1) is 0 Å². The number of hydrogen-bond donors (Lipinski definition) is 1. The maximum atomic E-state index is 9.22. The van der Waals surface area contributed by atoms with Crippen molar-refractivity contribution in [3.63, 3.8) is 0 Å². The molecule has 0 aromatic carbocycles. The number of aliphatic hydroxyl groups excluding tert-OH is 1. The predicted octanol–water partition coefficient (Wildman–Crippen LogP) is 1.59. The largest absolute Gasteiger partial charge is 0.396 e. The Balaban J connectivity index is 4.23. The van der Waals surface area contributed by atoms with Crippen LogP contribution in [0.4, 0.5) is 0 Å². The highest BCUT2D eigenvalue weighted by Crippen LogP contribution is 2.20. The standard InChI is InChI=1S/C10H23NO/c1-6-10(11(4)5)9(7-12)8(2)3/h8-10,12H,6-7H2,1-5H3. The van der Waals surface area contributed by atoms with Gasteiger partial charge in [0.25, 0.3) is 0 Å². The second-order valence-corrected chi connectivity index (χ2v) is 4.03. The third kappa shape index (κ3) is 3.11. The third-order valence-corrected chi connectivity index (χ3v) is 2.64. The van der Waals surface area contributed by atoms with Gasteiger partial charge in [0.2, 0.25) is 0 Å². The monoisotopic (exact) mass is 173 g/mol. The van der Waals surface area contributed by atoms with Crippen LogP contribution in [0.2, 0.25) is 0 Å². The summed E-state index contributed by atoms with van der Waals surface area (Å²) >= 11 is 0. The third-order valence-electron chi connectivity index (χ3n) is 2.64. The molecule has 0 aliphatic rings. The zero-order valence-corrected chi connectivity index (χ0v) is 9.04. The molecule has 0 heterocycles. The molecule has 0 aliphatic carbocycles. The van der Waals surface area contributed by atoms with E-state index in [0.29, 0.717) is 24.5 Å². The molecule has 0 bridgehead atoms. The molecular formula is C10H23NO. The lowest BCUT2D eigenvalue weighted by atomic mass is 9.87. The number of nitrogens with zero attached hydrogens (tertiary/aromatic N) is 1. The molecule has 0 radical (unpaired) electrons. The van der Waals surface area contributed by atoms with Gasteiger partial charge in [-0.25, -0.2) is 0 Å². The van der Waals surface area contributed by atoms with Crippen molar-refractivity contribution in [3.8, 4) is 0 Å². The summed E-state index contributed by atoms with van der Waals surface area (Å²) in [5.74, 6) is 0.965. The minimum atomic E-state index is 0.300. The first-order valence-corrected chi connectivity index (χ1v) is 4.81. The lowest BCUT2D eigenvalue weighted by Gasteiger charge is -2.32. The molecule has 0 saturated heterocycles. The summed E-state index contributed by atoms with van der Waals surface area (Å²) in [5.41, 5.74) is 0. The smallest absolute Gasteiger partial charge is 0.0476 e. The van der Waals surface area contributed by atoms with Gasteiger partial charge in [-0.05, 0) is 32.4 Å². The van der Waals surface area contributed by atoms with Crippen LogP contribution in [0.5, 0.6) is 0 Å². The van der Waals surface area contributed by atoms with Crippen molar-refractivity contribution in [1.82, 2.24) is 4.90 Å². The normalized spacial score (nSPS) is 17.0. The van der Waals surface area contributed by atoms with E-state index in [1.54, 1.807) is 0 Å². The molecule has 12 heavy (non-hydrogen) atoms. The predicted molar refractivity (Wildman–Crippen MR) is 53.2 cm³/mol. The first kappa shape index (κ1) is 11.9. The van der Waals surface area contributed by atoms with Crippen LogP contribution in [0.1, 0.15) is 27.2 Å². The molecule has 1 N–H and O–H groups in total. The van der Waals surface area contributed by atoms with E-state index in [9.17, 15) is 5.11 Å². The molecule has 2 heteroatoms. The van der Waals surface area contributed by atoms with E-state index in [2.05, 4.69) is 39.8 Å². The Morgan fingerprint density at radius 1 is 1.25 bits per heavy atom. The molecule has 2 unspecified atom stereocenters. The van der Waals surface area contributed by atoms with E-state index < -0.39 is 0 Å². The minimum Gasteiger partial charge on any atom is -0.396 e. The van der Waals surface area contributed by atoms with E-state index in [1.165, 1.54) is 0 Å². The average molecular weight is 173 g/mol. The summed E-state index contributed by atoms with van der Waals surface area (Å²) < 4.78 is 0. The van der Waals surface area contributed by atoms with Crippen LogP contribution in [-0.2, 0) is 0 Å². The Morgan fingerprint density at radius 3 is 1.83 bits per heavy atom. The highest BCUT2D eigenvalue weighted by atomic mass is 16.3. The molecule has 2 nitrogen and oxygen atoms in total. The molecule has 0 fully saturated rings. The van der Waals surface area contributed by atoms with Crippen LogP contribution in [0, 0.1) is 11.8 Å². The lowest BCUT2D eigenvalue weighted by molar-refractivity contribution is 0.0977. The van der Waals surface area contributed by atoms with Crippen LogP contribution in [0.3, 0.4) is 0 Å². The summed E-state index contributed by atoms with van der Waals surface area (Å²) in [6.07, 6.45) is 1.11. The van der Waals surface area contributed by atoms with Gasteiger partial charge < -0.3 is 10.0 Å². The average Bonchev–Trinajstić information content (AvgIpc) is 1.98. The van der Waals surface area contributed by atoms with Crippen LogP contribution in [0.25, 0.3) is 0 Å². The first-order valence-electron chi connectivity index (χ1n) is 4.81. The van der Waals surface area contributed by atoms with Crippen molar-refractivity contribution in [1.29, 1.82) is 0 Å². The zero-order chi connectivity index (χ0) is 9.72. The molecular weight excluding hydrogens is 150 g/mol. The van der Waals surface area contributed by atoms with Crippen molar-refractivity contribution < 1.29 is 5.11 Å². The van der Waals surface area contributed by atoms with Gasteiger partial charge in [-0.2, -0.15) is 0 Å². The molecule has 2 atom stereocenters. The SMILES string of the molecule is CCC(C(CO)C(C)C)N(C)C. The topological polar surface area (TPSA) is 23.5 Å². The Hall–Kier alpha value is -0.0800. The maximum Gasteiger partial charge on any atom is 0.0476 e. The van der Waals surface area contributed by atoms with Gasteiger partial charge in [0.1, 0.15) is 0 Å². The van der Waals surface area contributed by atoms with Crippen molar-refractivity contribution >= 4 is 0 Å². The van der Waals surface area contributed by atoms with E-state index in [-0.39, 0.29) is 0 Å². The van der Waals surface area contributed by atoms with Crippen LogP contribution in [0.15, 0.2) is 0 Å². The van der Waals surface area contributed by atoms with Crippen molar-refractivity contribution in [3.05, 3.63) is 0 Å². The molecule has 0 aromatic heterocycles. The highest BCUT2D eigenvalue weighted by Gasteiger charge is 2.23. The molecule has 0 aliphatic heterocycles. The summed E-state index contributed by atoms with van der Waals surface area (Å²) in [6.45, 7) is 6.82. The fourth-order valence-corrected chi connectivity index (χ4v) is 1.83. The number of rotatable bonds is 5. The molecule has 0 amide bonds. The van der Waals surface area contributed by atoms with Gasteiger partial charge in [0, 0.05) is 12.6 Å². The first-order chi connectivity index (χ1) is 5.54. The van der Waals surface area contributed by atoms with Crippen LogP contribution >= 0.6 is 0 Å². The van der Waals surface area contributed by atoms with Gasteiger partial charge in [-0.1, -0.05) is 20.8 Å². The van der Waals surface area contributed by atoms with E-state index >= 15 is 0 Å². The fourth-order valence-electron chi connectivity index (χ4n) is 1.83. The Labute approximate surface area is 76.6 Å². The molecule has 0 aromatic rings. The van der Waals surface area contributed by atoms with Gasteiger partial charge in [0.05, 0.1) is 0 Å². The summed E-state index contributed by atoms with van der Waals surface area (Å²) in [4.78, 5) is 2.21. The molecule has 74 valence electrons. The van der Waals surface area contributed by atoms with Gasteiger partial charge >= 0.3 is 0 Å². The molecule has 0 saturated carbocycles. The lowest BCUT2D eigenvalue weighted by Crippen LogP contribution is -2.39. The van der Waals surface area contributed by atoms with E-state index in [4.69, 9.17) is 0 Å². The van der Waals surface area contributed by atoms with Crippen LogP contribution in [-0.4, -0.2) is 36.8 Å². The maximum absolute atomic E-state index is 9.22.